The first kappa shape index (κ1) is 15.0. The van der Waals surface area contributed by atoms with Gasteiger partial charge in [0, 0.05) is 37.0 Å². The van der Waals surface area contributed by atoms with E-state index in [0.29, 0.717) is 5.75 Å². The maximum atomic E-state index is 12.2. The maximum Gasteiger partial charge on any atom is 0.337 e. The highest BCUT2D eigenvalue weighted by molar-refractivity contribution is 8.03. The van der Waals surface area contributed by atoms with E-state index < -0.39 is 0 Å². The minimum atomic E-state index is -0.237. The number of fused-ring (bicyclic) bond motifs is 1. The van der Waals surface area contributed by atoms with Crippen molar-refractivity contribution >= 4 is 23.6 Å². The molecule has 0 radical (unpaired) electrons. The zero-order valence-electron chi connectivity index (χ0n) is 12.2. The van der Waals surface area contributed by atoms with Gasteiger partial charge in [-0.2, -0.15) is 0 Å². The van der Waals surface area contributed by atoms with Crippen molar-refractivity contribution in [2.24, 2.45) is 5.92 Å². The summed E-state index contributed by atoms with van der Waals surface area (Å²) in [6.45, 7) is 6.44. The summed E-state index contributed by atoms with van der Waals surface area (Å²) in [5, 5.41) is 3.53. The number of thioether (sulfide) groups is 1. The molecule has 0 spiro atoms. The number of nitrogens with one attached hydrogen (secondary N) is 1. The zero-order chi connectivity index (χ0) is 14.9. The third-order valence-corrected chi connectivity index (χ3v) is 4.39. The van der Waals surface area contributed by atoms with Gasteiger partial charge in [-0.3, -0.25) is 4.79 Å². The summed E-state index contributed by atoms with van der Waals surface area (Å²) in [5.74, 6) is 0.483. The highest BCUT2D eigenvalue weighted by Crippen LogP contribution is 2.44. The van der Waals surface area contributed by atoms with Crippen LogP contribution in [0.25, 0.3) is 0 Å². The Morgan fingerprint density at radius 3 is 2.80 bits per heavy atom. The molecule has 2 rings (SSSR count). The number of rotatable bonds is 3. The van der Waals surface area contributed by atoms with E-state index in [4.69, 9.17) is 4.74 Å². The molecule has 6 heteroatoms. The zero-order valence-corrected chi connectivity index (χ0v) is 13.0. The lowest BCUT2D eigenvalue weighted by atomic mass is 10.1. The Balaban J connectivity index is 2.25. The number of esters is 1. The summed E-state index contributed by atoms with van der Waals surface area (Å²) < 4.78 is 5.31. The highest BCUT2D eigenvalue weighted by Gasteiger charge is 2.39. The Kier molecular flexibility index (Phi) is 4.42. The van der Waals surface area contributed by atoms with Crippen molar-refractivity contribution in [1.29, 1.82) is 0 Å². The molecule has 0 aromatic carbocycles. The maximum absolute atomic E-state index is 12.2. The van der Waals surface area contributed by atoms with Crippen molar-refractivity contribution < 1.29 is 14.3 Å². The number of likely N-dealkylation sites (N-methyl/N-ethyl adjacent to an activating group) is 1. The Labute approximate surface area is 123 Å². The van der Waals surface area contributed by atoms with E-state index in [0.717, 1.165) is 22.8 Å². The molecule has 1 fully saturated rings. The summed E-state index contributed by atoms with van der Waals surface area (Å²) in [6.07, 6.45) is 1.48. The molecule has 0 saturated carbocycles. The Bertz CT molecular complexity index is 497. The van der Waals surface area contributed by atoms with Crippen molar-refractivity contribution in [1.82, 2.24) is 10.2 Å². The van der Waals surface area contributed by atoms with E-state index in [-0.39, 0.29) is 23.9 Å². The molecule has 2 aliphatic rings. The van der Waals surface area contributed by atoms with Gasteiger partial charge in [0.25, 0.3) is 0 Å². The lowest BCUT2D eigenvalue weighted by Gasteiger charge is -2.15. The van der Waals surface area contributed by atoms with E-state index >= 15 is 0 Å². The lowest BCUT2D eigenvalue weighted by molar-refractivity contribution is -0.143. The molecule has 110 valence electrons. The van der Waals surface area contributed by atoms with Gasteiger partial charge in [0.05, 0.1) is 16.7 Å². The van der Waals surface area contributed by atoms with Crippen LogP contribution in [0.3, 0.4) is 0 Å². The average Bonchev–Trinajstić information content (AvgIpc) is 2.87. The number of amides is 1. The van der Waals surface area contributed by atoms with Gasteiger partial charge >= 0.3 is 5.97 Å². The molecular formula is C14H20N2O3S. The first-order valence-corrected chi connectivity index (χ1v) is 7.70. The first-order chi connectivity index (χ1) is 9.43. The fourth-order valence-electron chi connectivity index (χ4n) is 2.34. The number of hydrogen-bond acceptors (Lipinski definition) is 5. The van der Waals surface area contributed by atoms with E-state index in [1.165, 1.54) is 0 Å². The van der Waals surface area contributed by atoms with E-state index in [1.807, 2.05) is 20.8 Å². The summed E-state index contributed by atoms with van der Waals surface area (Å²) in [6, 6.07) is 0. The number of carbonyl (C=O) groups is 2. The van der Waals surface area contributed by atoms with Gasteiger partial charge in [-0.25, -0.2) is 4.79 Å². The molecule has 0 bridgehead atoms. The second-order valence-corrected chi connectivity index (χ2v) is 6.19. The molecule has 1 saturated heterocycles. The molecule has 0 aromatic heterocycles. The van der Waals surface area contributed by atoms with E-state index in [9.17, 15) is 9.59 Å². The molecule has 2 heterocycles. The minimum Gasteiger partial charge on any atom is -0.460 e. The molecule has 1 atom stereocenters. The van der Waals surface area contributed by atoms with Crippen molar-refractivity contribution in [3.05, 3.63) is 22.4 Å². The van der Waals surface area contributed by atoms with Crippen LogP contribution in [0.1, 0.15) is 20.8 Å². The minimum absolute atomic E-state index is 0.118. The van der Waals surface area contributed by atoms with Gasteiger partial charge in [-0.15, -0.1) is 11.8 Å². The van der Waals surface area contributed by atoms with Gasteiger partial charge in [0.1, 0.15) is 0 Å². The lowest BCUT2D eigenvalue weighted by Crippen LogP contribution is -2.21. The summed E-state index contributed by atoms with van der Waals surface area (Å²) in [7, 11) is 1.61. The predicted octanol–water partition coefficient (Wildman–Crippen LogP) is 1.48. The second-order valence-electron chi connectivity index (χ2n) is 5.22. The normalized spacial score (nSPS) is 23.6. The Hall–Kier alpha value is -1.43. The standard InChI is InChI=1S/C14H20N2O3S/c1-8(2)19-14(18)12-9(3)6-16-10(5-11(17)15-4)7-20-13(12)16/h5,8-9H,6-7H2,1-4H3,(H,15,17)/b10-5+. The van der Waals surface area contributed by atoms with Crippen LogP contribution in [0.2, 0.25) is 0 Å². The van der Waals surface area contributed by atoms with Crippen molar-refractivity contribution in [2.45, 2.75) is 26.9 Å². The van der Waals surface area contributed by atoms with Crippen LogP contribution in [0.15, 0.2) is 22.4 Å². The van der Waals surface area contributed by atoms with Crippen LogP contribution in [-0.4, -0.2) is 42.2 Å². The summed E-state index contributed by atoms with van der Waals surface area (Å²) in [4.78, 5) is 25.7. The average molecular weight is 296 g/mol. The third-order valence-electron chi connectivity index (χ3n) is 3.24. The van der Waals surface area contributed by atoms with E-state index in [2.05, 4.69) is 10.2 Å². The van der Waals surface area contributed by atoms with Crippen LogP contribution >= 0.6 is 11.8 Å². The van der Waals surface area contributed by atoms with Gasteiger partial charge in [0.15, 0.2) is 0 Å². The summed E-state index contributed by atoms with van der Waals surface area (Å²) >= 11 is 1.60. The van der Waals surface area contributed by atoms with Gasteiger partial charge in [-0.1, -0.05) is 6.92 Å². The Morgan fingerprint density at radius 1 is 1.50 bits per heavy atom. The molecule has 0 aromatic rings. The number of carbonyl (C=O) groups excluding carboxylic acids is 2. The summed E-state index contributed by atoms with van der Waals surface area (Å²) in [5.41, 5.74) is 1.69. The molecule has 5 nitrogen and oxygen atoms in total. The van der Waals surface area contributed by atoms with E-state index in [1.54, 1.807) is 24.9 Å². The smallest absolute Gasteiger partial charge is 0.337 e. The largest absolute Gasteiger partial charge is 0.460 e. The fourth-order valence-corrected chi connectivity index (χ4v) is 3.65. The third kappa shape index (κ3) is 2.85. The number of ether oxygens (including phenoxy) is 1. The van der Waals surface area contributed by atoms with Crippen LogP contribution in [0.5, 0.6) is 0 Å². The number of hydrogen-bond donors (Lipinski definition) is 1. The van der Waals surface area contributed by atoms with Crippen LogP contribution in [0.4, 0.5) is 0 Å². The Morgan fingerprint density at radius 2 is 2.20 bits per heavy atom. The molecule has 1 amide bonds. The van der Waals surface area contributed by atoms with Crippen LogP contribution in [-0.2, 0) is 14.3 Å². The van der Waals surface area contributed by atoms with Crippen LogP contribution < -0.4 is 5.32 Å². The highest BCUT2D eigenvalue weighted by atomic mass is 32.2. The van der Waals surface area contributed by atoms with Gasteiger partial charge < -0.3 is 15.0 Å². The first-order valence-electron chi connectivity index (χ1n) is 6.71. The van der Waals surface area contributed by atoms with Crippen molar-refractivity contribution in [2.75, 3.05) is 19.3 Å². The fraction of sp³-hybridized carbons (Fsp3) is 0.571. The second kappa shape index (κ2) is 5.91. The van der Waals surface area contributed by atoms with Crippen molar-refractivity contribution in [3.63, 3.8) is 0 Å². The van der Waals surface area contributed by atoms with Gasteiger partial charge in [0.2, 0.25) is 5.91 Å². The quantitative estimate of drug-likeness (QED) is 0.631. The van der Waals surface area contributed by atoms with Gasteiger partial charge in [-0.05, 0) is 13.8 Å². The number of nitrogens with zero attached hydrogens (tertiary/aromatic N) is 1. The molecule has 2 aliphatic heterocycles. The molecule has 1 N–H and O–H groups in total. The SMILES string of the molecule is CNC(=O)/C=C1\CSC2=C(C(=O)OC(C)C)C(C)CN21. The monoisotopic (exact) mass is 296 g/mol. The predicted molar refractivity (Wildman–Crippen MR) is 78.7 cm³/mol. The molecule has 20 heavy (non-hydrogen) atoms. The topological polar surface area (TPSA) is 58.6 Å². The molecule has 0 aliphatic carbocycles. The van der Waals surface area contributed by atoms with Crippen molar-refractivity contribution in [3.8, 4) is 0 Å². The molecule has 1 unspecified atom stereocenters. The van der Waals surface area contributed by atoms with Crippen LogP contribution in [0, 0.1) is 5.92 Å². The molecular weight excluding hydrogens is 276 g/mol.